The largest absolute Gasteiger partial charge is 0.462 e. The Hall–Kier alpha value is -0.810. The predicted molar refractivity (Wildman–Crippen MR) is 150 cm³/mol. The van der Waals surface area contributed by atoms with E-state index in [1.165, 1.54) is 13.3 Å². The first-order valence-corrected chi connectivity index (χ1v) is 16.4. The van der Waals surface area contributed by atoms with Crippen molar-refractivity contribution in [2.24, 2.45) is 50.7 Å². The summed E-state index contributed by atoms with van der Waals surface area (Å²) in [5, 5.41) is 41.4. The molecule has 7 fully saturated rings. The summed E-state index contributed by atoms with van der Waals surface area (Å²) in [6, 6.07) is 0. The van der Waals surface area contributed by atoms with Gasteiger partial charge < -0.3 is 39.4 Å². The molecule has 9 heteroatoms. The van der Waals surface area contributed by atoms with Crippen LogP contribution in [-0.4, -0.2) is 82.2 Å². The van der Waals surface area contributed by atoms with Gasteiger partial charge in [-0.15, -0.1) is 0 Å². The Morgan fingerprint density at radius 1 is 0.929 bits per heavy atom. The topological polar surface area (TPSA) is 135 Å². The first-order chi connectivity index (χ1) is 19.6. The zero-order chi connectivity index (χ0) is 30.2. The molecular formula is C33H52O9. The summed E-state index contributed by atoms with van der Waals surface area (Å²) in [6.45, 7) is 13.1. The van der Waals surface area contributed by atoms with Gasteiger partial charge in [0.1, 0.15) is 24.4 Å². The van der Waals surface area contributed by atoms with E-state index in [2.05, 4.69) is 34.6 Å². The Morgan fingerprint density at radius 3 is 2.38 bits per heavy atom. The molecule has 9 nitrogen and oxygen atoms in total. The molecule has 5 saturated carbocycles. The summed E-state index contributed by atoms with van der Waals surface area (Å²) >= 11 is 0. The van der Waals surface area contributed by atoms with Crippen LogP contribution in [0.2, 0.25) is 0 Å². The highest BCUT2D eigenvalue weighted by Gasteiger charge is 2.85. The number of aliphatic hydroxyl groups excluding tert-OH is 4. The molecule has 2 heterocycles. The second-order valence-corrected chi connectivity index (χ2v) is 16.5. The van der Waals surface area contributed by atoms with E-state index < -0.39 is 30.9 Å². The van der Waals surface area contributed by atoms with Crippen LogP contribution < -0.4 is 0 Å². The van der Waals surface area contributed by atoms with E-state index >= 15 is 0 Å². The van der Waals surface area contributed by atoms with Gasteiger partial charge in [-0.3, -0.25) is 4.79 Å². The van der Waals surface area contributed by atoms with Crippen LogP contribution in [0.3, 0.4) is 0 Å². The van der Waals surface area contributed by atoms with Crippen LogP contribution in [0, 0.1) is 50.7 Å². The maximum absolute atomic E-state index is 12.6. The van der Waals surface area contributed by atoms with Gasteiger partial charge in [0.05, 0.1) is 18.8 Å². The highest BCUT2D eigenvalue weighted by Crippen LogP contribution is 2.89. The third-order valence-corrected chi connectivity index (χ3v) is 14.6. The molecule has 0 amide bonds. The van der Waals surface area contributed by atoms with Crippen LogP contribution in [0.5, 0.6) is 0 Å². The number of carbonyl (C=O) groups excluding carboxylic acids is 1. The van der Waals surface area contributed by atoms with Crippen molar-refractivity contribution in [1.29, 1.82) is 0 Å². The van der Waals surface area contributed by atoms with Crippen molar-refractivity contribution < 1.29 is 44.2 Å². The molecule has 5 aliphatic carbocycles. The fourth-order valence-electron chi connectivity index (χ4n) is 12.9. The summed E-state index contributed by atoms with van der Waals surface area (Å²) in [7, 11) is 0. The van der Waals surface area contributed by atoms with Gasteiger partial charge in [-0.1, -0.05) is 34.6 Å². The number of hydrogen-bond donors (Lipinski definition) is 4. The van der Waals surface area contributed by atoms with Crippen molar-refractivity contribution in [3.05, 3.63) is 0 Å². The van der Waals surface area contributed by atoms with Crippen LogP contribution >= 0.6 is 0 Å². The van der Waals surface area contributed by atoms with Gasteiger partial charge >= 0.3 is 5.97 Å². The van der Waals surface area contributed by atoms with Crippen molar-refractivity contribution in [3.63, 3.8) is 0 Å². The molecule has 0 aromatic carbocycles. The lowest BCUT2D eigenvalue weighted by atomic mass is 9.41. The maximum atomic E-state index is 12.6. The van der Waals surface area contributed by atoms with Gasteiger partial charge in [-0.25, -0.2) is 0 Å². The van der Waals surface area contributed by atoms with Crippen molar-refractivity contribution in [2.75, 3.05) is 6.61 Å². The van der Waals surface area contributed by atoms with Gasteiger partial charge in [0.25, 0.3) is 0 Å². The van der Waals surface area contributed by atoms with Gasteiger partial charge in [0.2, 0.25) is 0 Å². The number of hydrogen-bond acceptors (Lipinski definition) is 9. The molecule has 16 atom stereocenters. The number of rotatable bonds is 3. The lowest BCUT2D eigenvalue weighted by molar-refractivity contribution is -0.307. The van der Waals surface area contributed by atoms with Crippen LogP contribution in [0.15, 0.2) is 0 Å². The number of esters is 1. The van der Waals surface area contributed by atoms with E-state index in [1.54, 1.807) is 0 Å². The Kier molecular flexibility index (Phi) is 6.66. The Bertz CT molecular complexity index is 1110. The fraction of sp³-hybridized carbons (Fsp3) is 0.970. The molecule has 2 spiro atoms. The van der Waals surface area contributed by atoms with E-state index in [0.717, 1.165) is 38.5 Å². The molecule has 0 aromatic heterocycles. The minimum atomic E-state index is -1.34. The Morgan fingerprint density at radius 2 is 1.67 bits per heavy atom. The zero-order valence-corrected chi connectivity index (χ0v) is 26.1. The molecule has 7 rings (SSSR count). The molecular weight excluding hydrogens is 540 g/mol. The van der Waals surface area contributed by atoms with Crippen molar-refractivity contribution in [3.8, 4) is 0 Å². The second kappa shape index (κ2) is 9.36. The van der Waals surface area contributed by atoms with Crippen molar-refractivity contribution >= 4 is 5.97 Å². The lowest BCUT2D eigenvalue weighted by Gasteiger charge is -2.64. The minimum Gasteiger partial charge on any atom is -0.462 e. The molecule has 42 heavy (non-hydrogen) atoms. The molecule has 4 N–H and O–H groups in total. The molecule has 2 unspecified atom stereocenters. The van der Waals surface area contributed by atoms with Gasteiger partial charge in [0.15, 0.2) is 12.6 Å². The first-order valence-electron chi connectivity index (χ1n) is 16.4. The van der Waals surface area contributed by atoms with Crippen LogP contribution in [0.1, 0.15) is 92.9 Å². The summed E-state index contributed by atoms with van der Waals surface area (Å²) in [5.41, 5.74) is -0.0446. The molecule has 0 aromatic rings. The van der Waals surface area contributed by atoms with Gasteiger partial charge in [0, 0.05) is 19.3 Å². The average Bonchev–Trinajstić information content (AvgIpc) is 3.47. The summed E-state index contributed by atoms with van der Waals surface area (Å²) in [6.07, 6.45) is 1.69. The summed E-state index contributed by atoms with van der Waals surface area (Å²) < 4.78 is 24.6. The minimum absolute atomic E-state index is 0.0142. The van der Waals surface area contributed by atoms with E-state index in [0.29, 0.717) is 24.2 Å². The third-order valence-electron chi connectivity index (χ3n) is 14.6. The monoisotopic (exact) mass is 592 g/mol. The molecule has 2 saturated heterocycles. The number of aliphatic hydroxyl groups is 4. The van der Waals surface area contributed by atoms with Crippen molar-refractivity contribution in [2.45, 2.75) is 142 Å². The van der Waals surface area contributed by atoms with Crippen LogP contribution in [0.25, 0.3) is 0 Å². The fourth-order valence-corrected chi connectivity index (χ4v) is 12.9. The molecule has 7 aliphatic rings. The normalized spacial score (nSPS) is 59.4. The van der Waals surface area contributed by atoms with Gasteiger partial charge in [-0.05, 0) is 89.8 Å². The molecule has 238 valence electrons. The van der Waals surface area contributed by atoms with Crippen LogP contribution in [0.4, 0.5) is 0 Å². The van der Waals surface area contributed by atoms with Crippen molar-refractivity contribution in [1.82, 2.24) is 0 Å². The standard InChI is InChI=1S/C33H52O9/c1-16-11-23(36)41-20-13-31(6)21-12-19(40-17(2)34)27-29(3,4)22(42-28-26(38)25(37)18(35)14-39-28)7-8-33(27)15-32(21,33)10-9-30(31,5)24(16)20/h16,18-28,35-38H,7-15H2,1-6H3/t16-,18-,19+,20+,21+,22+,23-,24?,25+,26-,27?,28+,30-,31+,32+,33-/m1/s1. The highest BCUT2D eigenvalue weighted by molar-refractivity contribution is 5.66. The van der Waals surface area contributed by atoms with E-state index in [-0.39, 0.29) is 63.9 Å². The number of ether oxygens (including phenoxy) is 4. The first kappa shape index (κ1) is 29.9. The predicted octanol–water partition coefficient (Wildman–Crippen LogP) is 3.14. The quantitative estimate of drug-likeness (QED) is 0.288. The molecule has 0 radical (unpaired) electrons. The number of fused-ring (bicyclic) bond motifs is 4. The van der Waals surface area contributed by atoms with E-state index in [9.17, 15) is 25.2 Å². The van der Waals surface area contributed by atoms with Crippen LogP contribution in [-0.2, 0) is 23.7 Å². The maximum Gasteiger partial charge on any atom is 0.302 e. The molecule has 0 bridgehead atoms. The highest BCUT2D eigenvalue weighted by atomic mass is 16.7. The van der Waals surface area contributed by atoms with E-state index in [4.69, 9.17) is 18.9 Å². The lowest BCUT2D eigenvalue weighted by Crippen LogP contribution is -2.63. The zero-order valence-electron chi connectivity index (χ0n) is 26.1. The van der Waals surface area contributed by atoms with Gasteiger partial charge in [-0.2, -0.15) is 0 Å². The summed E-state index contributed by atoms with van der Waals surface area (Å²) in [5.74, 6) is 1.05. The number of carbonyl (C=O) groups is 1. The second-order valence-electron chi connectivity index (χ2n) is 16.5. The molecule has 2 aliphatic heterocycles. The average molecular weight is 593 g/mol. The third kappa shape index (κ3) is 3.71. The van der Waals surface area contributed by atoms with E-state index in [1.807, 2.05) is 0 Å². The smallest absolute Gasteiger partial charge is 0.302 e. The summed E-state index contributed by atoms with van der Waals surface area (Å²) in [4.78, 5) is 12.6. The Balaban J connectivity index is 1.22. The SMILES string of the molecule is CC(=O)O[C@H]1C[C@@H]2[C@]3(CC[C@]4(C)C5[C@H](C)C[C@H](O)O[C@H]5C[C@@]24C)C[C@@]32CC[C@H](O[C@@H]3OC[C@@H](O)[C@H](O)[C@H]3O)C(C)(C)C12. The Labute approximate surface area is 249 Å².